The van der Waals surface area contributed by atoms with Crippen LogP contribution in [0.1, 0.15) is 11.1 Å². The van der Waals surface area contributed by atoms with Crippen molar-refractivity contribution in [2.45, 2.75) is 13.2 Å². The molecule has 0 aliphatic carbocycles. The highest BCUT2D eigenvalue weighted by Gasteiger charge is 2.08. The van der Waals surface area contributed by atoms with E-state index in [0.29, 0.717) is 24.2 Å². The molecule has 6 nitrogen and oxygen atoms in total. The molecule has 0 unspecified atom stereocenters. The number of fused-ring (bicyclic) bond motifs is 1. The van der Waals surface area contributed by atoms with Crippen LogP contribution in [0.4, 0.5) is 0 Å². The number of hydrogen-bond donors (Lipinski definition) is 0. The van der Waals surface area contributed by atoms with Gasteiger partial charge in [-0.2, -0.15) is 5.10 Å². The molecule has 0 amide bonds. The zero-order valence-corrected chi connectivity index (χ0v) is 14.4. The van der Waals surface area contributed by atoms with Gasteiger partial charge in [0.25, 0.3) is 5.56 Å². The Morgan fingerprint density at radius 2 is 1.85 bits per heavy atom. The number of rotatable bonds is 5. The third-order valence-corrected chi connectivity index (χ3v) is 4.22. The molecule has 0 spiro atoms. The lowest BCUT2D eigenvalue weighted by Crippen LogP contribution is -2.21. The van der Waals surface area contributed by atoms with Crippen molar-refractivity contribution in [2.24, 2.45) is 7.05 Å². The third kappa shape index (κ3) is 3.21. The largest absolute Gasteiger partial charge is 0.489 e. The number of ether oxygens (including phenoxy) is 1. The second-order valence-electron chi connectivity index (χ2n) is 6.10. The maximum Gasteiger partial charge on any atom is 0.264 e. The van der Waals surface area contributed by atoms with Crippen LogP contribution in [0, 0.1) is 0 Å². The molecule has 4 rings (SSSR count). The predicted molar refractivity (Wildman–Crippen MR) is 99.1 cm³/mol. The van der Waals surface area contributed by atoms with Crippen LogP contribution in [0.2, 0.25) is 0 Å². The molecule has 0 atom stereocenters. The number of hydrogen-bond acceptors (Lipinski definition) is 4. The fraction of sp³-hybridized carbons (Fsp3) is 0.150. The number of aromatic nitrogens is 4. The molecule has 0 N–H and O–H groups in total. The summed E-state index contributed by atoms with van der Waals surface area (Å²) in [7, 11) is 1.77. The Labute approximate surface area is 150 Å². The van der Waals surface area contributed by atoms with Gasteiger partial charge in [0.2, 0.25) is 0 Å². The molecule has 0 saturated heterocycles. The highest BCUT2D eigenvalue weighted by Crippen LogP contribution is 2.16. The third-order valence-electron chi connectivity index (χ3n) is 4.22. The van der Waals surface area contributed by atoms with Crippen LogP contribution >= 0.6 is 0 Å². The van der Waals surface area contributed by atoms with E-state index < -0.39 is 0 Å². The predicted octanol–water partition coefficient (Wildman–Crippen LogP) is 2.76. The molecule has 0 fully saturated rings. The van der Waals surface area contributed by atoms with Gasteiger partial charge in [-0.05, 0) is 23.3 Å². The average molecular weight is 346 g/mol. The zero-order valence-electron chi connectivity index (χ0n) is 14.4. The highest BCUT2D eigenvalue weighted by molar-refractivity contribution is 5.72. The lowest BCUT2D eigenvalue weighted by atomic mass is 10.2. The Morgan fingerprint density at radius 1 is 1.04 bits per heavy atom. The van der Waals surface area contributed by atoms with Gasteiger partial charge in [-0.15, -0.1) is 0 Å². The van der Waals surface area contributed by atoms with Crippen LogP contribution in [0.15, 0.2) is 71.9 Å². The molecular formula is C20H18N4O2. The molecule has 6 heteroatoms. The fourth-order valence-electron chi connectivity index (χ4n) is 2.85. The summed E-state index contributed by atoms with van der Waals surface area (Å²) in [5, 5.41) is 4.61. The molecule has 0 bridgehead atoms. The van der Waals surface area contributed by atoms with E-state index in [0.717, 1.165) is 16.9 Å². The summed E-state index contributed by atoms with van der Waals surface area (Å²) in [4.78, 5) is 16.9. The fourth-order valence-corrected chi connectivity index (χ4v) is 2.85. The molecule has 2 aromatic carbocycles. The molecule has 130 valence electrons. The Morgan fingerprint density at radius 3 is 2.69 bits per heavy atom. The Hall–Kier alpha value is -3.41. The molecule has 0 aliphatic rings. The van der Waals surface area contributed by atoms with E-state index in [1.54, 1.807) is 28.8 Å². The van der Waals surface area contributed by atoms with Crippen LogP contribution < -0.4 is 10.3 Å². The summed E-state index contributed by atoms with van der Waals surface area (Å²) in [5.74, 6) is 0.773. The molecule has 2 aromatic heterocycles. The van der Waals surface area contributed by atoms with Crippen molar-refractivity contribution in [1.29, 1.82) is 0 Å². The standard InChI is InChI=1S/C20H18N4O2/c1-23-19-18(11-22-23)20(25)24(14-21-19)12-16-8-5-9-17(10-16)26-13-15-6-3-2-4-7-15/h2-11,14H,12-13H2,1H3. The molecule has 0 saturated carbocycles. The monoisotopic (exact) mass is 346 g/mol. The molecule has 4 aromatic rings. The SMILES string of the molecule is Cn1ncc2c(=O)n(Cc3cccc(OCc4ccccc4)c3)cnc21. The van der Waals surface area contributed by atoms with E-state index in [4.69, 9.17) is 4.74 Å². The minimum Gasteiger partial charge on any atom is -0.489 e. The summed E-state index contributed by atoms with van der Waals surface area (Å²) in [5.41, 5.74) is 2.58. The molecular weight excluding hydrogens is 328 g/mol. The van der Waals surface area contributed by atoms with Gasteiger partial charge in [-0.3, -0.25) is 14.0 Å². The van der Waals surface area contributed by atoms with Crippen LogP contribution in [0.5, 0.6) is 5.75 Å². The quantitative estimate of drug-likeness (QED) is 0.557. The molecule has 26 heavy (non-hydrogen) atoms. The lowest BCUT2D eigenvalue weighted by molar-refractivity contribution is 0.306. The summed E-state index contributed by atoms with van der Waals surface area (Å²) in [6.45, 7) is 0.937. The van der Waals surface area contributed by atoms with Gasteiger partial charge in [0, 0.05) is 7.05 Å². The molecule has 0 aliphatic heterocycles. The normalized spacial score (nSPS) is 11.0. The number of nitrogens with zero attached hydrogens (tertiary/aromatic N) is 4. The van der Waals surface area contributed by atoms with Crippen LogP contribution in [-0.4, -0.2) is 19.3 Å². The van der Waals surface area contributed by atoms with Gasteiger partial charge in [0.05, 0.1) is 12.7 Å². The van der Waals surface area contributed by atoms with Gasteiger partial charge in [0.1, 0.15) is 24.1 Å². The lowest BCUT2D eigenvalue weighted by Gasteiger charge is -2.09. The maximum atomic E-state index is 12.6. The van der Waals surface area contributed by atoms with Crippen molar-refractivity contribution < 1.29 is 4.74 Å². The van der Waals surface area contributed by atoms with Gasteiger partial charge < -0.3 is 4.74 Å². The number of aryl methyl sites for hydroxylation is 1. The summed E-state index contributed by atoms with van der Waals surface area (Å²) in [6.07, 6.45) is 3.12. The highest BCUT2D eigenvalue weighted by atomic mass is 16.5. The zero-order chi connectivity index (χ0) is 17.9. The topological polar surface area (TPSA) is 61.9 Å². The van der Waals surface area contributed by atoms with Gasteiger partial charge in [-0.1, -0.05) is 42.5 Å². The van der Waals surface area contributed by atoms with Crippen LogP contribution in [0.3, 0.4) is 0 Å². The summed E-state index contributed by atoms with van der Waals surface area (Å²) >= 11 is 0. The second kappa shape index (κ2) is 6.84. The minimum absolute atomic E-state index is 0.0984. The van der Waals surface area contributed by atoms with Crippen molar-refractivity contribution in [2.75, 3.05) is 0 Å². The van der Waals surface area contributed by atoms with E-state index in [1.165, 1.54) is 0 Å². The average Bonchev–Trinajstić information content (AvgIpc) is 3.05. The van der Waals surface area contributed by atoms with Gasteiger partial charge in [-0.25, -0.2) is 4.98 Å². The molecule has 2 heterocycles. The van der Waals surface area contributed by atoms with E-state index in [-0.39, 0.29) is 5.56 Å². The van der Waals surface area contributed by atoms with Crippen molar-refractivity contribution in [1.82, 2.24) is 19.3 Å². The first-order chi connectivity index (χ1) is 12.7. The van der Waals surface area contributed by atoms with E-state index in [9.17, 15) is 4.79 Å². The van der Waals surface area contributed by atoms with E-state index in [1.807, 2.05) is 54.6 Å². The Kier molecular flexibility index (Phi) is 4.23. The van der Waals surface area contributed by atoms with Crippen molar-refractivity contribution >= 4 is 11.0 Å². The summed E-state index contributed by atoms with van der Waals surface area (Å²) < 4.78 is 9.04. The second-order valence-corrected chi connectivity index (χ2v) is 6.10. The maximum absolute atomic E-state index is 12.6. The van der Waals surface area contributed by atoms with E-state index in [2.05, 4.69) is 10.1 Å². The minimum atomic E-state index is -0.0984. The van der Waals surface area contributed by atoms with Crippen molar-refractivity contribution in [3.63, 3.8) is 0 Å². The summed E-state index contributed by atoms with van der Waals surface area (Å²) in [6, 6.07) is 17.8. The first kappa shape index (κ1) is 16.1. The van der Waals surface area contributed by atoms with E-state index >= 15 is 0 Å². The first-order valence-corrected chi connectivity index (χ1v) is 8.33. The van der Waals surface area contributed by atoms with Crippen molar-refractivity contribution in [3.05, 3.63) is 88.6 Å². The number of benzene rings is 2. The Balaban J connectivity index is 1.54. The smallest absolute Gasteiger partial charge is 0.264 e. The van der Waals surface area contributed by atoms with Crippen LogP contribution in [0.25, 0.3) is 11.0 Å². The van der Waals surface area contributed by atoms with Gasteiger partial charge in [0.15, 0.2) is 5.65 Å². The molecule has 0 radical (unpaired) electrons. The Bertz CT molecular complexity index is 1100. The van der Waals surface area contributed by atoms with Crippen LogP contribution in [-0.2, 0) is 20.2 Å². The van der Waals surface area contributed by atoms with Crippen molar-refractivity contribution in [3.8, 4) is 5.75 Å². The first-order valence-electron chi connectivity index (χ1n) is 8.33. The van der Waals surface area contributed by atoms with Gasteiger partial charge >= 0.3 is 0 Å².